The second-order valence-electron chi connectivity index (χ2n) is 6.71. The molecule has 0 radical (unpaired) electrons. The van der Waals surface area contributed by atoms with Gasteiger partial charge in [-0.25, -0.2) is 0 Å². The summed E-state index contributed by atoms with van der Waals surface area (Å²) in [7, 11) is 0. The van der Waals surface area contributed by atoms with Gasteiger partial charge in [0.2, 0.25) is 0 Å². The Bertz CT molecular complexity index is 469. The summed E-state index contributed by atoms with van der Waals surface area (Å²) in [6.07, 6.45) is 2.63. The number of benzene rings is 1. The van der Waals surface area contributed by atoms with Crippen molar-refractivity contribution < 1.29 is 0 Å². The zero-order valence-electron chi connectivity index (χ0n) is 11.4. The first-order valence-corrected chi connectivity index (χ1v) is 6.46. The van der Waals surface area contributed by atoms with Gasteiger partial charge in [0, 0.05) is 0 Å². The molecule has 1 aromatic carbocycles. The van der Waals surface area contributed by atoms with Crippen LogP contribution in [-0.2, 0) is 23.7 Å². The van der Waals surface area contributed by atoms with E-state index in [1.807, 2.05) is 0 Å². The summed E-state index contributed by atoms with van der Waals surface area (Å²) >= 11 is 0. The smallest absolute Gasteiger partial charge is 0.000597 e. The summed E-state index contributed by atoms with van der Waals surface area (Å²) in [4.78, 5) is 0. The van der Waals surface area contributed by atoms with Gasteiger partial charge in [-0.15, -0.1) is 0 Å². The lowest BCUT2D eigenvalue weighted by molar-refractivity contribution is 0.235. The fourth-order valence-corrected chi connectivity index (χ4v) is 3.85. The highest BCUT2D eigenvalue weighted by atomic mass is 14.6. The maximum absolute atomic E-state index is 2.42. The summed E-state index contributed by atoms with van der Waals surface area (Å²) in [6.45, 7) is 14.3. The van der Waals surface area contributed by atoms with Gasteiger partial charge in [-0.3, -0.25) is 0 Å². The maximum Gasteiger partial charge on any atom is -0.000597 e. The van der Waals surface area contributed by atoms with Crippen molar-refractivity contribution >= 4 is 0 Å². The molecule has 86 valence electrons. The minimum Gasteiger partial charge on any atom is -0.0550 e. The average molecular weight is 214 g/mol. The van der Waals surface area contributed by atoms with Crippen LogP contribution >= 0.6 is 0 Å². The Morgan fingerprint density at radius 1 is 0.688 bits per heavy atom. The van der Waals surface area contributed by atoms with Crippen LogP contribution in [0, 0.1) is 13.8 Å². The Morgan fingerprint density at radius 2 is 1.19 bits per heavy atom. The number of hydrogen-bond acceptors (Lipinski definition) is 0. The first kappa shape index (κ1) is 10.4. The van der Waals surface area contributed by atoms with Crippen molar-refractivity contribution in [2.75, 3.05) is 0 Å². The van der Waals surface area contributed by atoms with Crippen LogP contribution in [0.2, 0.25) is 0 Å². The quantitative estimate of drug-likeness (QED) is 0.613. The summed E-state index contributed by atoms with van der Waals surface area (Å²) in [5.74, 6) is 0. The Balaban J connectivity index is 2.40. The van der Waals surface area contributed by atoms with E-state index >= 15 is 0 Å². The van der Waals surface area contributed by atoms with Crippen LogP contribution in [0.25, 0.3) is 0 Å². The minimum absolute atomic E-state index is 0.349. The highest BCUT2D eigenvalue weighted by Crippen LogP contribution is 2.60. The Labute approximate surface area is 99.1 Å². The average Bonchev–Trinajstić information content (AvgIpc) is 2.12. The number of hydrogen-bond donors (Lipinski definition) is 0. The van der Waals surface area contributed by atoms with Crippen LogP contribution in [0.15, 0.2) is 0 Å². The monoisotopic (exact) mass is 214 g/mol. The molecule has 0 spiro atoms. The molecule has 0 aromatic heterocycles. The lowest BCUT2D eigenvalue weighted by atomic mass is 9.46. The van der Waals surface area contributed by atoms with Crippen LogP contribution in [0.3, 0.4) is 0 Å². The molecule has 0 heterocycles. The molecule has 0 heteroatoms. The second kappa shape index (κ2) is 2.55. The van der Waals surface area contributed by atoms with Crippen molar-refractivity contribution in [3.63, 3.8) is 0 Å². The normalized spacial score (nSPS) is 22.9. The predicted octanol–water partition coefficient (Wildman–Crippen LogP) is 3.97. The highest BCUT2D eigenvalue weighted by Gasteiger charge is 2.54. The molecular formula is C16H22. The van der Waals surface area contributed by atoms with Crippen molar-refractivity contribution in [3.05, 3.63) is 33.4 Å². The van der Waals surface area contributed by atoms with E-state index in [0.717, 1.165) is 0 Å². The Hall–Kier alpha value is -0.780. The molecule has 16 heavy (non-hydrogen) atoms. The fraction of sp³-hybridized carbons (Fsp3) is 0.625. The molecule has 0 nitrogen and oxygen atoms in total. The first-order valence-electron chi connectivity index (χ1n) is 6.46. The van der Waals surface area contributed by atoms with Crippen LogP contribution in [-0.4, -0.2) is 0 Å². The fourth-order valence-electron chi connectivity index (χ4n) is 3.85. The standard InChI is InChI=1S/C16H22/c1-9-10(2)13-14(12-8-7-11(9)12)16(5,6)15(13,3)4/h7-8H2,1-6H3. The van der Waals surface area contributed by atoms with E-state index < -0.39 is 0 Å². The van der Waals surface area contributed by atoms with Crippen LogP contribution in [0.1, 0.15) is 61.1 Å². The van der Waals surface area contributed by atoms with Gasteiger partial charge in [-0.05, 0) is 70.9 Å². The molecule has 2 aliphatic carbocycles. The van der Waals surface area contributed by atoms with Crippen molar-refractivity contribution in [3.8, 4) is 0 Å². The SMILES string of the molecule is Cc1c(C)c2c(c3c1CC3)C(C)(C)C2(C)C. The van der Waals surface area contributed by atoms with E-state index in [2.05, 4.69) is 41.5 Å². The molecule has 0 aliphatic heterocycles. The minimum atomic E-state index is 0.349. The topological polar surface area (TPSA) is 0 Å². The molecule has 0 saturated carbocycles. The largest absolute Gasteiger partial charge is 0.0550 e. The summed E-state index contributed by atoms with van der Waals surface area (Å²) < 4.78 is 0. The number of fused-ring (bicyclic) bond motifs is 3. The summed E-state index contributed by atoms with van der Waals surface area (Å²) in [5.41, 5.74) is 10.6. The molecule has 0 atom stereocenters. The second-order valence-corrected chi connectivity index (χ2v) is 6.71. The third-order valence-electron chi connectivity index (χ3n) is 5.74. The molecule has 0 unspecified atom stereocenters. The van der Waals surface area contributed by atoms with Crippen molar-refractivity contribution in [2.45, 2.75) is 65.2 Å². The highest BCUT2D eigenvalue weighted by molar-refractivity contribution is 5.66. The maximum atomic E-state index is 2.42. The molecule has 1 aromatic rings. The van der Waals surface area contributed by atoms with Crippen molar-refractivity contribution in [1.82, 2.24) is 0 Å². The van der Waals surface area contributed by atoms with Gasteiger partial charge < -0.3 is 0 Å². The van der Waals surface area contributed by atoms with Crippen LogP contribution in [0.5, 0.6) is 0 Å². The lowest BCUT2D eigenvalue weighted by Crippen LogP contribution is -2.53. The van der Waals surface area contributed by atoms with E-state index in [0.29, 0.717) is 10.8 Å². The molecule has 0 amide bonds. The van der Waals surface area contributed by atoms with Gasteiger partial charge in [-0.2, -0.15) is 0 Å². The molecule has 0 bridgehead atoms. The molecule has 2 aliphatic rings. The van der Waals surface area contributed by atoms with E-state index in [4.69, 9.17) is 0 Å². The van der Waals surface area contributed by atoms with E-state index in [-0.39, 0.29) is 0 Å². The van der Waals surface area contributed by atoms with Crippen LogP contribution < -0.4 is 0 Å². The van der Waals surface area contributed by atoms with E-state index in [1.165, 1.54) is 12.8 Å². The molecule has 0 N–H and O–H groups in total. The zero-order chi connectivity index (χ0) is 11.9. The Morgan fingerprint density at radius 3 is 1.69 bits per heavy atom. The third-order valence-corrected chi connectivity index (χ3v) is 5.74. The Kier molecular flexibility index (Phi) is 1.65. The van der Waals surface area contributed by atoms with Gasteiger partial charge in [0.05, 0.1) is 0 Å². The predicted molar refractivity (Wildman–Crippen MR) is 69.4 cm³/mol. The summed E-state index contributed by atoms with van der Waals surface area (Å²) in [6, 6.07) is 0. The van der Waals surface area contributed by atoms with Crippen LogP contribution in [0.4, 0.5) is 0 Å². The molecular weight excluding hydrogens is 192 g/mol. The van der Waals surface area contributed by atoms with Gasteiger partial charge in [0.25, 0.3) is 0 Å². The lowest BCUT2D eigenvalue weighted by Gasteiger charge is -2.58. The van der Waals surface area contributed by atoms with Gasteiger partial charge in [0.1, 0.15) is 0 Å². The van der Waals surface area contributed by atoms with Gasteiger partial charge >= 0.3 is 0 Å². The summed E-state index contributed by atoms with van der Waals surface area (Å²) in [5, 5.41) is 0. The van der Waals surface area contributed by atoms with E-state index in [9.17, 15) is 0 Å². The first-order chi connectivity index (χ1) is 7.30. The third kappa shape index (κ3) is 0.815. The molecule has 0 saturated heterocycles. The van der Waals surface area contributed by atoms with Crippen molar-refractivity contribution in [1.29, 1.82) is 0 Å². The molecule has 3 rings (SSSR count). The molecule has 0 fully saturated rings. The van der Waals surface area contributed by atoms with Crippen molar-refractivity contribution in [2.24, 2.45) is 0 Å². The van der Waals surface area contributed by atoms with Gasteiger partial charge in [0.15, 0.2) is 0 Å². The van der Waals surface area contributed by atoms with Gasteiger partial charge in [-0.1, -0.05) is 27.7 Å². The number of rotatable bonds is 0. The van der Waals surface area contributed by atoms with E-state index in [1.54, 1.807) is 33.4 Å². The zero-order valence-corrected chi connectivity index (χ0v) is 11.4.